The molecule has 16 heavy (non-hydrogen) atoms. The highest BCUT2D eigenvalue weighted by Crippen LogP contribution is 2.19. The van der Waals surface area contributed by atoms with Crippen molar-refractivity contribution in [3.63, 3.8) is 0 Å². The van der Waals surface area contributed by atoms with Crippen molar-refractivity contribution in [2.75, 3.05) is 11.5 Å². The third kappa shape index (κ3) is 2.31. The Balaban J connectivity index is 2.26. The standard InChI is InChI=1S/C13H13FN2/c14-11-3-1-9(2-4-11)7-10-8-12(15)5-6-13(10)16/h1-6,8H,7,15-16H2. The van der Waals surface area contributed by atoms with E-state index in [-0.39, 0.29) is 5.82 Å². The number of halogens is 1. The topological polar surface area (TPSA) is 52.0 Å². The summed E-state index contributed by atoms with van der Waals surface area (Å²) in [6.45, 7) is 0. The summed E-state index contributed by atoms with van der Waals surface area (Å²) >= 11 is 0. The van der Waals surface area contributed by atoms with E-state index in [0.29, 0.717) is 17.8 Å². The third-order valence-corrected chi connectivity index (χ3v) is 2.47. The van der Waals surface area contributed by atoms with Crippen LogP contribution in [0, 0.1) is 5.82 Å². The van der Waals surface area contributed by atoms with Gasteiger partial charge in [0.1, 0.15) is 5.82 Å². The molecule has 2 nitrogen and oxygen atoms in total. The van der Waals surface area contributed by atoms with Gasteiger partial charge in [-0.25, -0.2) is 4.39 Å². The van der Waals surface area contributed by atoms with Crippen molar-refractivity contribution in [1.82, 2.24) is 0 Å². The summed E-state index contributed by atoms with van der Waals surface area (Å²) in [7, 11) is 0. The first-order valence-electron chi connectivity index (χ1n) is 5.03. The van der Waals surface area contributed by atoms with E-state index < -0.39 is 0 Å². The lowest BCUT2D eigenvalue weighted by Crippen LogP contribution is -1.97. The predicted molar refractivity (Wildman–Crippen MR) is 64.5 cm³/mol. The van der Waals surface area contributed by atoms with Gasteiger partial charge in [0.25, 0.3) is 0 Å². The van der Waals surface area contributed by atoms with Crippen molar-refractivity contribution in [3.8, 4) is 0 Å². The van der Waals surface area contributed by atoms with Gasteiger partial charge in [-0.3, -0.25) is 0 Å². The normalized spacial score (nSPS) is 10.3. The fourth-order valence-electron chi connectivity index (χ4n) is 1.60. The molecule has 0 aliphatic heterocycles. The average Bonchev–Trinajstić information content (AvgIpc) is 2.27. The summed E-state index contributed by atoms with van der Waals surface area (Å²) < 4.78 is 12.7. The second kappa shape index (κ2) is 4.23. The molecule has 4 N–H and O–H groups in total. The molecule has 2 aromatic rings. The zero-order chi connectivity index (χ0) is 11.5. The van der Waals surface area contributed by atoms with Gasteiger partial charge in [0, 0.05) is 11.4 Å². The van der Waals surface area contributed by atoms with Crippen molar-refractivity contribution in [2.24, 2.45) is 0 Å². The molecule has 82 valence electrons. The first kappa shape index (κ1) is 10.5. The Hall–Kier alpha value is -2.03. The molecule has 0 aliphatic carbocycles. The molecule has 0 aliphatic rings. The van der Waals surface area contributed by atoms with Crippen molar-refractivity contribution in [1.29, 1.82) is 0 Å². The highest BCUT2D eigenvalue weighted by molar-refractivity contribution is 5.56. The highest BCUT2D eigenvalue weighted by Gasteiger charge is 2.01. The number of nitrogen functional groups attached to an aromatic ring is 2. The lowest BCUT2D eigenvalue weighted by molar-refractivity contribution is 0.627. The van der Waals surface area contributed by atoms with Crippen molar-refractivity contribution in [3.05, 3.63) is 59.4 Å². The van der Waals surface area contributed by atoms with Crippen LogP contribution >= 0.6 is 0 Å². The molecule has 2 rings (SSSR count). The van der Waals surface area contributed by atoms with Gasteiger partial charge in [-0.2, -0.15) is 0 Å². The monoisotopic (exact) mass is 216 g/mol. The van der Waals surface area contributed by atoms with Gasteiger partial charge in [-0.05, 0) is 47.9 Å². The van der Waals surface area contributed by atoms with E-state index in [1.165, 1.54) is 12.1 Å². The van der Waals surface area contributed by atoms with Crippen LogP contribution in [-0.2, 0) is 6.42 Å². The van der Waals surface area contributed by atoms with Crippen LogP contribution in [0.25, 0.3) is 0 Å². The maximum Gasteiger partial charge on any atom is 0.123 e. The van der Waals surface area contributed by atoms with E-state index in [1.807, 2.05) is 6.07 Å². The highest BCUT2D eigenvalue weighted by atomic mass is 19.1. The van der Waals surface area contributed by atoms with Crippen LogP contribution in [0.15, 0.2) is 42.5 Å². The van der Waals surface area contributed by atoms with Gasteiger partial charge in [0.15, 0.2) is 0 Å². The maximum atomic E-state index is 12.7. The summed E-state index contributed by atoms with van der Waals surface area (Å²) in [5.41, 5.74) is 14.9. The molecule has 0 radical (unpaired) electrons. The summed E-state index contributed by atoms with van der Waals surface area (Å²) in [6.07, 6.45) is 0.664. The van der Waals surface area contributed by atoms with E-state index in [1.54, 1.807) is 24.3 Å². The van der Waals surface area contributed by atoms with E-state index >= 15 is 0 Å². The fraction of sp³-hybridized carbons (Fsp3) is 0.0769. The molecular weight excluding hydrogens is 203 g/mol. The molecule has 0 fully saturated rings. The largest absolute Gasteiger partial charge is 0.399 e. The van der Waals surface area contributed by atoms with Crippen molar-refractivity contribution < 1.29 is 4.39 Å². The maximum absolute atomic E-state index is 12.7. The minimum atomic E-state index is -0.232. The van der Waals surface area contributed by atoms with Crippen LogP contribution in [-0.4, -0.2) is 0 Å². The average molecular weight is 216 g/mol. The van der Waals surface area contributed by atoms with E-state index in [4.69, 9.17) is 11.5 Å². The second-order valence-electron chi connectivity index (χ2n) is 3.76. The fourth-order valence-corrected chi connectivity index (χ4v) is 1.60. The Bertz CT molecular complexity index is 492. The summed E-state index contributed by atoms with van der Waals surface area (Å²) in [5, 5.41) is 0. The Kier molecular flexibility index (Phi) is 2.77. The first-order chi connectivity index (χ1) is 7.65. The quantitative estimate of drug-likeness (QED) is 0.758. The zero-order valence-electron chi connectivity index (χ0n) is 8.78. The molecule has 0 heterocycles. The summed E-state index contributed by atoms with van der Waals surface area (Å²) in [4.78, 5) is 0. The predicted octanol–water partition coefficient (Wildman–Crippen LogP) is 2.58. The van der Waals surface area contributed by atoms with Crippen LogP contribution in [0.2, 0.25) is 0 Å². The van der Waals surface area contributed by atoms with Crippen molar-refractivity contribution >= 4 is 11.4 Å². The number of benzene rings is 2. The summed E-state index contributed by atoms with van der Waals surface area (Å²) in [6, 6.07) is 11.8. The SMILES string of the molecule is Nc1ccc(N)c(Cc2ccc(F)cc2)c1. The van der Waals surface area contributed by atoms with Gasteiger partial charge < -0.3 is 11.5 Å². The Morgan fingerprint density at radius 1 is 0.938 bits per heavy atom. The minimum Gasteiger partial charge on any atom is -0.399 e. The second-order valence-corrected chi connectivity index (χ2v) is 3.76. The molecule has 0 atom stereocenters. The molecule has 0 spiro atoms. The van der Waals surface area contributed by atoms with Gasteiger partial charge >= 0.3 is 0 Å². The third-order valence-electron chi connectivity index (χ3n) is 2.47. The number of nitrogens with two attached hydrogens (primary N) is 2. The van der Waals surface area contributed by atoms with Crippen LogP contribution in [0.1, 0.15) is 11.1 Å². The number of anilines is 2. The van der Waals surface area contributed by atoms with Crippen LogP contribution < -0.4 is 11.5 Å². The van der Waals surface area contributed by atoms with E-state index in [0.717, 1.165) is 11.1 Å². The molecule has 0 saturated heterocycles. The first-order valence-corrected chi connectivity index (χ1v) is 5.03. The molecule has 3 heteroatoms. The van der Waals surface area contributed by atoms with Crippen LogP contribution in [0.3, 0.4) is 0 Å². The Morgan fingerprint density at radius 3 is 2.31 bits per heavy atom. The Labute approximate surface area is 93.7 Å². The minimum absolute atomic E-state index is 0.232. The molecule has 0 bridgehead atoms. The number of hydrogen-bond acceptors (Lipinski definition) is 2. The van der Waals surface area contributed by atoms with Crippen LogP contribution in [0.4, 0.5) is 15.8 Å². The molecular formula is C13H13FN2. The molecule has 0 aromatic heterocycles. The van der Waals surface area contributed by atoms with Gasteiger partial charge in [-0.15, -0.1) is 0 Å². The molecule has 0 amide bonds. The molecule has 2 aromatic carbocycles. The van der Waals surface area contributed by atoms with Gasteiger partial charge in [0.05, 0.1) is 0 Å². The smallest absolute Gasteiger partial charge is 0.123 e. The van der Waals surface area contributed by atoms with E-state index in [2.05, 4.69) is 0 Å². The molecule has 0 saturated carbocycles. The molecule has 0 unspecified atom stereocenters. The Morgan fingerprint density at radius 2 is 1.62 bits per heavy atom. The number of rotatable bonds is 2. The lowest BCUT2D eigenvalue weighted by Gasteiger charge is -2.06. The van der Waals surface area contributed by atoms with Crippen LogP contribution in [0.5, 0.6) is 0 Å². The van der Waals surface area contributed by atoms with Gasteiger partial charge in [-0.1, -0.05) is 12.1 Å². The van der Waals surface area contributed by atoms with Crippen molar-refractivity contribution in [2.45, 2.75) is 6.42 Å². The zero-order valence-corrected chi connectivity index (χ0v) is 8.78. The van der Waals surface area contributed by atoms with Gasteiger partial charge in [0.2, 0.25) is 0 Å². The van der Waals surface area contributed by atoms with E-state index in [9.17, 15) is 4.39 Å². The number of hydrogen-bond donors (Lipinski definition) is 2. The lowest BCUT2D eigenvalue weighted by atomic mass is 10.0. The summed E-state index contributed by atoms with van der Waals surface area (Å²) in [5.74, 6) is -0.232.